The summed E-state index contributed by atoms with van der Waals surface area (Å²) < 4.78 is 5.59. The van der Waals surface area contributed by atoms with Crippen LogP contribution in [0.25, 0.3) is 0 Å². The van der Waals surface area contributed by atoms with Gasteiger partial charge >= 0.3 is 29.9 Å². The maximum absolute atomic E-state index is 13.0. The van der Waals surface area contributed by atoms with Gasteiger partial charge in [0.2, 0.25) is 0 Å². The van der Waals surface area contributed by atoms with E-state index in [1.54, 1.807) is 7.11 Å². The second-order valence-electron chi connectivity index (χ2n) is 11.0. The number of aliphatic carboxylic acids is 4. The Morgan fingerprint density at radius 3 is 1.82 bits per heavy atom. The number of carboxylic acids is 4. The van der Waals surface area contributed by atoms with Gasteiger partial charge in [-0.05, 0) is 37.4 Å². The molecule has 5 N–H and O–H groups in total. The third-order valence-electron chi connectivity index (χ3n) is 7.61. The number of carbonyl (C=O) groups is 5. The lowest BCUT2D eigenvalue weighted by molar-refractivity contribution is -0.215. The van der Waals surface area contributed by atoms with Crippen LogP contribution in [0.15, 0.2) is 60.7 Å². The van der Waals surface area contributed by atoms with E-state index >= 15 is 0 Å². The van der Waals surface area contributed by atoms with Crippen molar-refractivity contribution in [3.8, 4) is 11.5 Å². The monoisotopic (exact) mass is 699 g/mol. The highest BCUT2D eigenvalue weighted by molar-refractivity contribution is 5.91. The number of hydrogen-bond donors (Lipinski definition) is 5. The second kappa shape index (κ2) is 19.3. The number of hydrogen-bond acceptors (Lipinski definition) is 11. The molecular formula is C33H41N5O12. The van der Waals surface area contributed by atoms with Crippen molar-refractivity contribution >= 4 is 47.0 Å². The zero-order valence-electron chi connectivity index (χ0n) is 27.7. The predicted molar refractivity (Wildman–Crippen MR) is 181 cm³/mol. The van der Waals surface area contributed by atoms with Crippen molar-refractivity contribution in [2.24, 2.45) is 0 Å². The summed E-state index contributed by atoms with van der Waals surface area (Å²) >= 11 is 0. The Labute approximate surface area is 288 Å². The number of fused-ring (bicyclic) bond motifs is 1. The lowest BCUT2D eigenvalue weighted by Crippen LogP contribution is -2.50. The minimum absolute atomic E-state index is 0.0685. The summed E-state index contributed by atoms with van der Waals surface area (Å²) in [6, 6.07) is 11.9. The number of nitrogens with one attached hydrogen (secondary N) is 1. The number of amides is 2. The molecular weight excluding hydrogens is 658 g/mol. The average Bonchev–Trinajstić information content (AvgIpc) is 3.10. The number of benzene rings is 2. The molecule has 3 aliphatic rings. The summed E-state index contributed by atoms with van der Waals surface area (Å²) in [6.07, 6.45) is 3.06. The third-order valence-corrected chi connectivity index (χ3v) is 7.61. The molecule has 0 unspecified atom stereocenters. The van der Waals surface area contributed by atoms with Gasteiger partial charge < -0.3 is 55.0 Å². The molecule has 0 spiro atoms. The first-order valence-corrected chi connectivity index (χ1v) is 15.5. The van der Waals surface area contributed by atoms with Crippen LogP contribution in [0, 0.1) is 0 Å². The molecule has 0 atom stereocenters. The highest BCUT2D eigenvalue weighted by Crippen LogP contribution is 2.34. The Hall–Kier alpha value is -5.81. The lowest BCUT2D eigenvalue weighted by Gasteiger charge is -2.37. The molecule has 2 aromatic carbocycles. The summed E-state index contributed by atoms with van der Waals surface area (Å²) in [7, 11) is 3.83. The molecule has 50 heavy (non-hydrogen) atoms. The quantitative estimate of drug-likeness (QED) is 0.197. The van der Waals surface area contributed by atoms with Gasteiger partial charge in [0.15, 0.2) is 5.75 Å². The van der Waals surface area contributed by atoms with Gasteiger partial charge in [-0.1, -0.05) is 6.07 Å². The van der Waals surface area contributed by atoms with Crippen molar-refractivity contribution < 1.29 is 58.9 Å². The van der Waals surface area contributed by atoms with Crippen molar-refractivity contribution in [2.75, 3.05) is 88.2 Å². The smallest absolute Gasteiger partial charge is 0.328 e. The van der Waals surface area contributed by atoms with Gasteiger partial charge in [-0.3, -0.25) is 0 Å². The van der Waals surface area contributed by atoms with Gasteiger partial charge in [0.25, 0.3) is 0 Å². The highest BCUT2D eigenvalue weighted by atomic mass is 17.2. The topological polar surface area (TPSA) is 219 Å². The predicted octanol–water partition coefficient (Wildman–Crippen LogP) is 2.09. The van der Waals surface area contributed by atoms with Crippen molar-refractivity contribution in [1.29, 1.82) is 0 Å². The van der Waals surface area contributed by atoms with Crippen LogP contribution in [-0.4, -0.2) is 133 Å². The van der Waals surface area contributed by atoms with E-state index in [1.165, 1.54) is 11.3 Å². The maximum Gasteiger partial charge on any atom is 0.328 e. The number of methoxy groups -OCH3 is 1. The number of likely N-dealkylation sites (N-methyl/N-ethyl adjacent to an activating group) is 1. The first-order chi connectivity index (χ1) is 23.9. The van der Waals surface area contributed by atoms with Crippen LogP contribution in [0.1, 0.15) is 5.56 Å². The van der Waals surface area contributed by atoms with Crippen molar-refractivity contribution in [3.05, 3.63) is 66.3 Å². The first-order valence-electron chi connectivity index (χ1n) is 15.5. The fraction of sp³-hybridized carbons (Fsp3) is 0.364. The van der Waals surface area contributed by atoms with Gasteiger partial charge in [-0.25, -0.2) is 24.0 Å². The third kappa shape index (κ3) is 12.3. The molecule has 3 heterocycles. The summed E-state index contributed by atoms with van der Waals surface area (Å²) in [5.74, 6) is -3.41. The molecule has 270 valence electrons. The number of nitrogens with zero attached hydrogens (tertiary/aromatic N) is 4. The van der Waals surface area contributed by atoms with E-state index in [2.05, 4.69) is 33.1 Å². The molecule has 17 heteroatoms. The van der Waals surface area contributed by atoms with Crippen LogP contribution < -0.4 is 24.7 Å². The Morgan fingerprint density at radius 2 is 1.28 bits per heavy atom. The molecule has 0 aliphatic carbocycles. The molecule has 17 nitrogen and oxygen atoms in total. The van der Waals surface area contributed by atoms with Gasteiger partial charge in [0, 0.05) is 100 Å². The standard InChI is InChI=1S/C25H33N5O4.2C4H4O4/c1-27-9-11-29(12-10-27)22-18-19(6-7-24(22)32-2)26-25(31)30-15-13-28(14-16-30)21-4-3-5-23-20(21)8-17-33-34-23;2*5-3(6)1-2-4(7)8/h3-7,18H,8-17H2,1-2H3,(H,26,31);2*1-2H,(H,5,6)(H,7,8)/b;2*2-1+. The summed E-state index contributed by atoms with van der Waals surface area (Å²) in [6.45, 7) is 7.33. The van der Waals surface area contributed by atoms with Gasteiger partial charge in [-0.15, -0.1) is 0 Å². The van der Waals surface area contributed by atoms with Gasteiger partial charge in [-0.2, -0.15) is 4.89 Å². The fourth-order valence-electron chi connectivity index (χ4n) is 5.13. The zero-order valence-corrected chi connectivity index (χ0v) is 27.7. The van der Waals surface area contributed by atoms with Crippen LogP contribution in [0.3, 0.4) is 0 Å². The fourth-order valence-corrected chi connectivity index (χ4v) is 5.13. The Bertz CT molecular complexity index is 1500. The van der Waals surface area contributed by atoms with Crippen LogP contribution in [0.2, 0.25) is 0 Å². The Balaban J connectivity index is 0.000000352. The molecule has 2 amide bonds. The minimum Gasteiger partial charge on any atom is -0.495 e. The molecule has 2 fully saturated rings. The number of carbonyl (C=O) groups excluding carboxylic acids is 1. The van der Waals surface area contributed by atoms with E-state index < -0.39 is 23.9 Å². The van der Waals surface area contributed by atoms with E-state index in [0.717, 1.165) is 68.6 Å². The second-order valence-corrected chi connectivity index (χ2v) is 11.0. The number of rotatable bonds is 8. The van der Waals surface area contributed by atoms with E-state index in [0.29, 0.717) is 44.0 Å². The maximum atomic E-state index is 13.0. The molecule has 0 radical (unpaired) electrons. The van der Waals surface area contributed by atoms with E-state index in [9.17, 15) is 24.0 Å². The molecule has 5 rings (SSSR count). The molecule has 2 aromatic rings. The van der Waals surface area contributed by atoms with Crippen LogP contribution in [-0.2, 0) is 30.5 Å². The summed E-state index contributed by atoms with van der Waals surface area (Å²) in [5, 5.41) is 34.3. The number of carboxylic acid groups (broad SMARTS) is 4. The highest BCUT2D eigenvalue weighted by Gasteiger charge is 2.26. The van der Waals surface area contributed by atoms with Gasteiger partial charge in [0.05, 0.1) is 19.4 Å². The van der Waals surface area contributed by atoms with Crippen molar-refractivity contribution in [2.45, 2.75) is 6.42 Å². The SMILES string of the molecule is COc1ccc(NC(=O)N2CCN(c3cccc4c3CCOO4)CC2)cc1N1CCN(C)CC1.O=C(O)/C=C/C(=O)O.O=C(O)/C=C/C(=O)O. The number of piperazine rings is 2. The van der Waals surface area contributed by atoms with Crippen molar-refractivity contribution in [3.63, 3.8) is 0 Å². The van der Waals surface area contributed by atoms with E-state index in [-0.39, 0.29) is 6.03 Å². The number of ether oxygens (including phenoxy) is 1. The van der Waals surface area contributed by atoms with E-state index in [1.807, 2.05) is 35.2 Å². The Kier molecular flexibility index (Phi) is 14.9. The van der Waals surface area contributed by atoms with E-state index in [4.69, 9.17) is 34.9 Å². The number of anilines is 3. The van der Waals surface area contributed by atoms with Gasteiger partial charge in [0.1, 0.15) is 5.75 Å². The summed E-state index contributed by atoms with van der Waals surface area (Å²) in [4.78, 5) is 70.6. The minimum atomic E-state index is -1.26. The molecule has 0 bridgehead atoms. The Morgan fingerprint density at radius 1 is 0.740 bits per heavy atom. The van der Waals surface area contributed by atoms with Crippen molar-refractivity contribution in [1.82, 2.24) is 9.80 Å². The van der Waals surface area contributed by atoms with Crippen LogP contribution >= 0.6 is 0 Å². The zero-order chi connectivity index (χ0) is 36.6. The van der Waals surface area contributed by atoms with Crippen LogP contribution in [0.5, 0.6) is 11.5 Å². The number of urea groups is 1. The largest absolute Gasteiger partial charge is 0.495 e. The molecule has 0 saturated carbocycles. The molecule has 2 saturated heterocycles. The average molecular weight is 700 g/mol. The summed E-state index contributed by atoms with van der Waals surface area (Å²) in [5.41, 5.74) is 4.17. The molecule has 0 aromatic heterocycles. The lowest BCUT2D eigenvalue weighted by atomic mass is 10.1. The molecule has 3 aliphatic heterocycles. The van der Waals surface area contributed by atoms with Crippen LogP contribution in [0.4, 0.5) is 21.9 Å². The normalized spacial score (nSPS) is 15.8. The first kappa shape index (κ1) is 38.6.